The number of carbonyl (C=O) groups is 8. The van der Waals surface area contributed by atoms with Crippen LogP contribution >= 0.6 is 66.1 Å². The number of ether oxygens (including phenoxy) is 4. The average molecular weight is 2130 g/mol. The van der Waals surface area contributed by atoms with Crippen molar-refractivity contribution in [3.8, 4) is 0 Å². The standard InChI is InChI=1S/C28H22F3N3O4.C26H21ClF2N4O4.2C24H17BrFN3O4S/c1-3-38-25(35)14-21(11-5-4-6-12(30)9(11)2)33-24(22-13(31)7-10(29)8-32-22)34-23(14)27-15-18-16(27)20-17(27)19(15)28(18,20)26(36)37;1-3-37-23(34)10-19(8-4-5-9(28)18(29)17(8)27)31-21(22-30-6-7-33(22)2)32-20(10)25-11-14-12(25)16-13(25)15(11)26(14,16)24(35)36;1-33-21(30)10-17(8-3-2-7(26)6-9(8)25)28-19(20-27-4-5-34-20)29-18(10)23-11-14-12(23)16-13(23)15(11)24(14,16)22(31)32;1-33-21(30)9-17(7-3-2-4-8(26)16(7)25)28-19(20-27-5-6-34-20)29-18(9)23-10-13-11(23)15-12(23)14(10)24(13,15)22(31)32/h4-8,15-21H,3H2,1-2H3,(H,33,34)(H,36,37);4-7,11-16,19H,3H2,1-2H3,(H,31,32)(H,35,36);2-6,11-17H,1H3,(H,28,29)(H,31,32);2-6,10-15,17H,1H3,(H,28,29)(H,31,32). The molecule has 4 aromatic heterocycles. The van der Waals surface area contributed by atoms with Gasteiger partial charge >= 0.3 is 47.8 Å². The van der Waals surface area contributed by atoms with Gasteiger partial charge in [0.05, 0.1) is 87.1 Å². The van der Waals surface area contributed by atoms with Gasteiger partial charge in [0.15, 0.2) is 56.6 Å². The van der Waals surface area contributed by atoms with Gasteiger partial charge in [-0.3, -0.25) is 39.1 Å². The number of halogens is 10. The zero-order chi connectivity index (χ0) is 98.8. The number of aromatic nitrogens is 5. The van der Waals surface area contributed by atoms with E-state index in [2.05, 4.69) is 78.1 Å². The first-order valence-corrected chi connectivity index (χ1v) is 51.2. The third-order valence-electron chi connectivity index (χ3n) is 40.5. The molecule has 8 aromatic rings. The van der Waals surface area contributed by atoms with E-state index in [1.54, 1.807) is 81.4 Å². The molecule has 0 bridgehead atoms. The van der Waals surface area contributed by atoms with E-state index in [1.807, 2.05) is 10.8 Å². The van der Waals surface area contributed by atoms with Crippen molar-refractivity contribution in [1.29, 1.82) is 0 Å². The molecule has 24 aliphatic carbocycles. The number of carbonyl (C=O) groups excluding carboxylic acids is 4. The normalized spacial score (nSPS) is 41.6. The average Bonchev–Trinajstić information content (AvgIpc) is 1.05. The summed E-state index contributed by atoms with van der Waals surface area (Å²) in [6, 6.07) is 13.0. The molecule has 4 aliphatic heterocycles. The van der Waals surface area contributed by atoms with Crippen LogP contribution in [0.5, 0.6) is 0 Å². The molecule has 728 valence electrons. The highest BCUT2D eigenvalue weighted by atomic mass is 79.9. The Bertz CT molecular complexity index is 7540. The number of allylic oxidation sites excluding steroid dienone is 4. The summed E-state index contributed by atoms with van der Waals surface area (Å²) in [7, 11) is 4.49. The van der Waals surface area contributed by atoms with E-state index in [0.717, 1.165) is 23.7 Å². The van der Waals surface area contributed by atoms with Crippen LogP contribution in [0.2, 0.25) is 5.02 Å². The number of aryl methyl sites for hydroxylation is 1. The quantitative estimate of drug-likeness (QED) is 0.0135. The maximum absolute atomic E-state index is 14.9. The molecule has 0 spiro atoms. The molecule has 0 radical (unpaired) electrons. The number of nitrogens with zero attached hydrogens (tertiary/aromatic N) is 9. The number of esters is 4. The fourth-order valence-corrected chi connectivity index (χ4v) is 39.7. The molecular formula is C102H77Br2ClF7N13O16S2. The number of pyridine rings is 1. The number of hydrogen-bond acceptors (Lipinski definition) is 26. The van der Waals surface area contributed by atoms with Crippen LogP contribution in [0.3, 0.4) is 0 Å². The second kappa shape index (κ2) is 27.7. The molecule has 28 aliphatic rings. The number of aliphatic imine (C=N–C) groups is 4. The molecular weight excluding hydrogens is 2060 g/mol. The Kier molecular flexibility index (Phi) is 17.0. The zero-order valence-electron chi connectivity index (χ0n) is 75.4. The summed E-state index contributed by atoms with van der Waals surface area (Å²) in [5.41, 5.74) is 2.37. The van der Waals surface area contributed by atoms with E-state index in [4.69, 9.17) is 45.5 Å². The van der Waals surface area contributed by atoms with Gasteiger partial charge in [-0.2, -0.15) is 0 Å². The monoisotopic (exact) mass is 2130 g/mol. The minimum absolute atomic E-state index is 0.0147. The van der Waals surface area contributed by atoms with Crippen LogP contribution in [0.1, 0.15) is 87.4 Å². The van der Waals surface area contributed by atoms with Gasteiger partial charge in [0, 0.05) is 103 Å². The lowest BCUT2D eigenvalue weighted by Gasteiger charge is -3.10. The van der Waals surface area contributed by atoms with Gasteiger partial charge < -0.3 is 65.2 Å². The molecule has 4 atom stereocenters. The fourth-order valence-electron chi connectivity index (χ4n) is 37.2. The number of carboxylic acid groups (broad SMARTS) is 4. The molecule has 143 heavy (non-hydrogen) atoms. The number of carboxylic acids is 4. The molecule has 41 heteroatoms. The van der Waals surface area contributed by atoms with Crippen molar-refractivity contribution in [2.75, 3.05) is 27.4 Å². The second-order valence-corrected chi connectivity index (χ2v) is 46.3. The summed E-state index contributed by atoms with van der Waals surface area (Å²) >= 11 is 16.0. The molecule has 8 N–H and O–H groups in total. The van der Waals surface area contributed by atoms with E-state index in [1.165, 1.54) is 73.3 Å². The summed E-state index contributed by atoms with van der Waals surface area (Å²) in [6.07, 6.45) is 7.65. The van der Waals surface area contributed by atoms with Crippen LogP contribution in [0.15, 0.2) is 189 Å². The SMILES string of the molecule is CCOC(=O)C1=C(C23C4C5C2C2C3C4C52C(=O)O)NC(c2ncc(F)cc2F)=NC1c1cccc(F)c1C.CCOC(=O)C1=C(C23C4C5C2C2C3C4C52C(=O)O)NC(c2nccn2C)=NC1c1ccc(F)c(F)c1Cl.COC(=O)C1=C(C23C4C5C2C2C3C4C52C(=O)O)NC(c2nccs2)=NC1c1ccc(F)cc1Br.COC(=O)C1=C(C23C4C5C2C2C3C4C52C(=O)O)NC(c2nccs2)=NC1c1cccc(F)c1Br. The third-order valence-corrected chi connectivity index (χ3v) is 44.0. The summed E-state index contributed by atoms with van der Waals surface area (Å²) < 4.78 is 124. The van der Waals surface area contributed by atoms with E-state index in [9.17, 15) is 89.5 Å². The van der Waals surface area contributed by atoms with Crippen molar-refractivity contribution in [2.45, 2.75) is 44.9 Å². The number of aliphatic carboxylic acids is 4. The number of amidine groups is 4. The lowest BCUT2D eigenvalue weighted by Crippen LogP contribution is -3.11. The number of nitrogens with one attached hydrogen (secondary N) is 4. The molecule has 4 aromatic carbocycles. The Labute approximate surface area is 834 Å². The van der Waals surface area contributed by atoms with Gasteiger partial charge in [-0.05, 0) is 231 Å². The van der Waals surface area contributed by atoms with E-state index < -0.39 is 145 Å². The van der Waals surface area contributed by atoms with E-state index in [-0.39, 0.29) is 210 Å². The Morgan fingerprint density at radius 1 is 0.427 bits per heavy atom. The lowest BCUT2D eigenvalue weighted by atomic mass is 8.92. The van der Waals surface area contributed by atoms with Crippen molar-refractivity contribution < 1.29 is 108 Å². The molecule has 4 unspecified atom stereocenters. The highest BCUT2D eigenvalue weighted by Crippen LogP contribution is 3.15. The van der Waals surface area contributed by atoms with Gasteiger partial charge in [0.25, 0.3) is 0 Å². The van der Waals surface area contributed by atoms with Gasteiger partial charge in [0.2, 0.25) is 0 Å². The molecule has 36 rings (SSSR count). The highest BCUT2D eigenvalue weighted by Gasteiger charge is 3.16. The molecule has 8 heterocycles. The Hall–Kier alpha value is -12.1. The van der Waals surface area contributed by atoms with Crippen molar-refractivity contribution in [1.82, 2.24) is 45.8 Å². The molecule has 0 amide bonds. The predicted octanol–water partition coefficient (Wildman–Crippen LogP) is 13.4. The molecule has 29 nitrogen and oxygen atoms in total. The van der Waals surface area contributed by atoms with Crippen LogP contribution in [-0.4, -0.2) is 143 Å². The Balaban J connectivity index is 0.0000000910. The molecule has 24 fully saturated rings. The Morgan fingerprint density at radius 3 is 1.20 bits per heavy atom. The first kappa shape index (κ1) is 87.4. The first-order chi connectivity index (χ1) is 68.8. The maximum Gasteiger partial charge on any atom is 0.338 e. The summed E-state index contributed by atoms with van der Waals surface area (Å²) in [5, 5.41) is 57.8. The Morgan fingerprint density at radius 2 is 0.804 bits per heavy atom. The van der Waals surface area contributed by atoms with E-state index >= 15 is 0 Å². The molecule has 24 saturated carbocycles. The number of benzene rings is 4. The number of rotatable bonds is 22. The van der Waals surface area contributed by atoms with Crippen LogP contribution in [0.4, 0.5) is 30.7 Å². The molecule has 0 saturated heterocycles. The summed E-state index contributed by atoms with van der Waals surface area (Å²) in [5.74, 6) is -4.19. The minimum Gasteiger partial charge on any atom is -0.481 e. The highest BCUT2D eigenvalue weighted by molar-refractivity contribution is 9.10. The number of hydrogen-bond donors (Lipinski definition) is 8. The topological polar surface area (TPSA) is 408 Å². The predicted molar refractivity (Wildman–Crippen MR) is 491 cm³/mol. The van der Waals surface area contributed by atoms with Gasteiger partial charge in [-0.1, -0.05) is 63.9 Å². The summed E-state index contributed by atoms with van der Waals surface area (Å²) in [6.45, 7) is 5.18. The van der Waals surface area contributed by atoms with Crippen LogP contribution in [0, 0.1) is 233 Å². The first-order valence-electron chi connectivity index (χ1n) is 47.4. The van der Waals surface area contributed by atoms with Crippen LogP contribution < -0.4 is 21.3 Å². The van der Waals surface area contributed by atoms with Gasteiger partial charge in [0.1, 0.15) is 53.1 Å². The minimum atomic E-state index is -1.21. The van der Waals surface area contributed by atoms with Crippen molar-refractivity contribution >= 4 is 137 Å². The maximum atomic E-state index is 14.9. The largest absolute Gasteiger partial charge is 0.481 e. The van der Waals surface area contributed by atoms with E-state index in [0.29, 0.717) is 83.1 Å². The van der Waals surface area contributed by atoms with Crippen LogP contribution in [0.25, 0.3) is 0 Å². The lowest BCUT2D eigenvalue weighted by molar-refractivity contribution is -0.633. The second-order valence-electron chi connectivity index (χ2n) is 42.5. The number of imidazole rings is 1. The zero-order valence-corrected chi connectivity index (χ0v) is 80.9. The summed E-state index contributed by atoms with van der Waals surface area (Å²) in [4.78, 5) is 138. The number of methoxy groups -OCH3 is 2. The van der Waals surface area contributed by atoms with Crippen LogP contribution in [-0.2, 0) is 64.4 Å². The third kappa shape index (κ3) is 8.74. The van der Waals surface area contributed by atoms with Gasteiger partial charge in [-0.25, -0.2) is 69.8 Å². The smallest absolute Gasteiger partial charge is 0.338 e. The van der Waals surface area contributed by atoms with Gasteiger partial charge in [-0.15, -0.1) is 22.7 Å². The fraction of sp³-hybridized carbons (Fsp3) is 0.431. The van der Waals surface area contributed by atoms with Crippen molar-refractivity contribution in [3.63, 3.8) is 0 Å². The number of thiazole rings is 2. The van der Waals surface area contributed by atoms with Crippen molar-refractivity contribution in [2.24, 2.45) is 212 Å². The van der Waals surface area contributed by atoms with Crippen molar-refractivity contribution in [3.05, 3.63) is 264 Å².